The summed E-state index contributed by atoms with van der Waals surface area (Å²) in [5.74, 6) is -0.627. The van der Waals surface area contributed by atoms with Crippen molar-refractivity contribution < 1.29 is 19.1 Å². The zero-order chi connectivity index (χ0) is 18.4. The van der Waals surface area contributed by atoms with E-state index in [2.05, 4.69) is 0 Å². The van der Waals surface area contributed by atoms with E-state index in [0.717, 1.165) is 16.2 Å². The number of benzene rings is 1. The van der Waals surface area contributed by atoms with E-state index < -0.39 is 11.9 Å². The van der Waals surface area contributed by atoms with Crippen LogP contribution < -0.4 is 5.73 Å². The molecule has 0 radical (unpaired) electrons. The second kappa shape index (κ2) is 9.12. The van der Waals surface area contributed by atoms with Crippen LogP contribution in [0.4, 0.5) is 5.00 Å². The maximum Gasteiger partial charge on any atom is 0.348 e. The standard InChI is InChI=1S/C17H18ClNO4S2/c1-3-22-16(20)13-12(9-24-11-7-5-10(18)6-8-11)14(25-15(13)19)17(21)23-4-2/h5-8H,3-4,9,19H2,1-2H3. The molecular weight excluding hydrogens is 382 g/mol. The number of carbonyl (C=O) groups excluding carboxylic acids is 2. The van der Waals surface area contributed by atoms with Crippen LogP contribution in [0.25, 0.3) is 0 Å². The molecule has 0 saturated heterocycles. The molecule has 0 saturated carbocycles. The van der Waals surface area contributed by atoms with Gasteiger partial charge >= 0.3 is 11.9 Å². The molecule has 5 nitrogen and oxygen atoms in total. The molecule has 2 aromatic rings. The zero-order valence-electron chi connectivity index (χ0n) is 13.8. The zero-order valence-corrected chi connectivity index (χ0v) is 16.2. The lowest BCUT2D eigenvalue weighted by molar-refractivity contribution is 0.0527. The third-order valence-electron chi connectivity index (χ3n) is 3.17. The van der Waals surface area contributed by atoms with Gasteiger partial charge < -0.3 is 15.2 Å². The number of rotatable bonds is 7. The van der Waals surface area contributed by atoms with Gasteiger partial charge in [0.05, 0.1) is 18.8 Å². The lowest BCUT2D eigenvalue weighted by Crippen LogP contribution is -2.10. The van der Waals surface area contributed by atoms with E-state index in [4.69, 9.17) is 26.8 Å². The summed E-state index contributed by atoms with van der Waals surface area (Å²) >= 11 is 8.41. The van der Waals surface area contributed by atoms with Crippen LogP contribution >= 0.6 is 34.7 Å². The third-order valence-corrected chi connectivity index (χ3v) is 5.50. The van der Waals surface area contributed by atoms with Gasteiger partial charge in [-0.2, -0.15) is 0 Å². The van der Waals surface area contributed by atoms with Gasteiger partial charge in [-0.3, -0.25) is 0 Å². The van der Waals surface area contributed by atoms with Crippen molar-refractivity contribution in [3.8, 4) is 0 Å². The summed E-state index contributed by atoms with van der Waals surface area (Å²) in [7, 11) is 0. The monoisotopic (exact) mass is 399 g/mol. The Labute approximate surface area is 159 Å². The van der Waals surface area contributed by atoms with Gasteiger partial charge in [-0.15, -0.1) is 23.1 Å². The van der Waals surface area contributed by atoms with E-state index in [0.29, 0.717) is 21.2 Å². The third kappa shape index (κ3) is 4.90. The van der Waals surface area contributed by atoms with Crippen molar-refractivity contribution in [3.63, 3.8) is 0 Å². The highest BCUT2D eigenvalue weighted by molar-refractivity contribution is 7.98. The predicted molar refractivity (Wildman–Crippen MR) is 102 cm³/mol. The molecule has 0 unspecified atom stereocenters. The molecule has 0 spiro atoms. The maximum absolute atomic E-state index is 12.3. The summed E-state index contributed by atoms with van der Waals surface area (Å²) in [6, 6.07) is 7.31. The van der Waals surface area contributed by atoms with E-state index in [9.17, 15) is 9.59 Å². The van der Waals surface area contributed by atoms with Crippen molar-refractivity contribution in [1.29, 1.82) is 0 Å². The number of carbonyl (C=O) groups is 2. The molecular formula is C17H18ClNO4S2. The molecule has 2 N–H and O–H groups in total. The molecule has 0 fully saturated rings. The molecule has 0 bridgehead atoms. The fourth-order valence-corrected chi connectivity index (χ4v) is 4.21. The van der Waals surface area contributed by atoms with Crippen LogP contribution in [-0.4, -0.2) is 25.2 Å². The first kappa shape index (κ1) is 19.6. The summed E-state index contributed by atoms with van der Waals surface area (Å²) < 4.78 is 10.2. The van der Waals surface area contributed by atoms with Crippen molar-refractivity contribution in [2.45, 2.75) is 24.5 Å². The molecule has 0 atom stereocenters. The molecule has 1 aromatic carbocycles. The summed E-state index contributed by atoms with van der Waals surface area (Å²) in [5, 5.41) is 0.900. The van der Waals surface area contributed by atoms with E-state index in [-0.39, 0.29) is 23.8 Å². The number of anilines is 1. The van der Waals surface area contributed by atoms with E-state index in [1.165, 1.54) is 11.8 Å². The first-order valence-electron chi connectivity index (χ1n) is 7.61. The van der Waals surface area contributed by atoms with Gasteiger partial charge in [0.1, 0.15) is 9.88 Å². The Hall–Kier alpha value is -1.70. The van der Waals surface area contributed by atoms with Gasteiger partial charge in [0.15, 0.2) is 0 Å². The van der Waals surface area contributed by atoms with E-state index in [1.807, 2.05) is 12.1 Å². The van der Waals surface area contributed by atoms with E-state index >= 15 is 0 Å². The maximum atomic E-state index is 12.3. The number of ether oxygens (including phenoxy) is 2. The topological polar surface area (TPSA) is 78.6 Å². The van der Waals surface area contributed by atoms with Crippen molar-refractivity contribution in [2.75, 3.05) is 18.9 Å². The van der Waals surface area contributed by atoms with E-state index in [1.54, 1.807) is 26.0 Å². The first-order valence-corrected chi connectivity index (χ1v) is 9.79. The quantitative estimate of drug-likeness (QED) is 0.540. The molecule has 0 aliphatic carbocycles. The van der Waals surface area contributed by atoms with Crippen LogP contribution in [-0.2, 0) is 15.2 Å². The van der Waals surface area contributed by atoms with Gasteiger partial charge in [-0.1, -0.05) is 11.6 Å². The average molecular weight is 400 g/mol. The number of esters is 2. The molecule has 8 heteroatoms. The largest absolute Gasteiger partial charge is 0.462 e. The summed E-state index contributed by atoms with van der Waals surface area (Å²) in [6.07, 6.45) is 0. The van der Waals surface area contributed by atoms with Crippen LogP contribution in [0.2, 0.25) is 5.02 Å². The summed E-state index contributed by atoms with van der Waals surface area (Å²) in [5.41, 5.74) is 6.77. The Kier molecular flexibility index (Phi) is 7.16. The smallest absolute Gasteiger partial charge is 0.348 e. The summed E-state index contributed by atoms with van der Waals surface area (Å²) in [4.78, 5) is 25.8. The molecule has 1 aromatic heterocycles. The number of thioether (sulfide) groups is 1. The van der Waals surface area contributed by atoms with Crippen LogP contribution in [0.1, 0.15) is 39.4 Å². The fourth-order valence-electron chi connectivity index (χ4n) is 2.10. The highest BCUT2D eigenvalue weighted by atomic mass is 35.5. The summed E-state index contributed by atoms with van der Waals surface area (Å²) in [6.45, 7) is 3.92. The lowest BCUT2D eigenvalue weighted by atomic mass is 10.1. The molecule has 1 heterocycles. The molecule has 0 amide bonds. The number of nitrogens with two attached hydrogens (primary N) is 1. The molecule has 134 valence electrons. The minimum absolute atomic E-state index is 0.229. The number of nitrogen functional groups attached to an aromatic ring is 1. The molecule has 0 aliphatic heterocycles. The van der Waals surface area contributed by atoms with Gasteiger partial charge in [-0.05, 0) is 38.1 Å². The van der Waals surface area contributed by atoms with Gasteiger partial charge in [0, 0.05) is 21.2 Å². The van der Waals surface area contributed by atoms with Crippen molar-refractivity contribution in [1.82, 2.24) is 0 Å². The minimum atomic E-state index is -0.529. The van der Waals surface area contributed by atoms with Crippen LogP contribution in [0, 0.1) is 0 Å². The number of thiophene rings is 1. The van der Waals surface area contributed by atoms with Crippen molar-refractivity contribution in [3.05, 3.63) is 45.3 Å². The van der Waals surface area contributed by atoms with Crippen molar-refractivity contribution >= 4 is 51.6 Å². The molecule has 2 rings (SSSR count). The Morgan fingerprint density at radius 1 is 1.12 bits per heavy atom. The minimum Gasteiger partial charge on any atom is -0.462 e. The predicted octanol–water partition coefficient (Wildman–Crippen LogP) is 4.63. The molecule has 0 aliphatic rings. The SMILES string of the molecule is CCOC(=O)c1sc(N)c(C(=O)OCC)c1CSc1ccc(Cl)cc1. The highest BCUT2D eigenvalue weighted by Gasteiger charge is 2.27. The second-order valence-electron chi connectivity index (χ2n) is 4.83. The Morgan fingerprint density at radius 3 is 2.32 bits per heavy atom. The van der Waals surface area contributed by atoms with Crippen LogP contribution in [0.15, 0.2) is 29.2 Å². The Morgan fingerprint density at radius 2 is 1.72 bits per heavy atom. The van der Waals surface area contributed by atoms with Crippen LogP contribution in [0.3, 0.4) is 0 Å². The van der Waals surface area contributed by atoms with Crippen molar-refractivity contribution in [2.24, 2.45) is 0 Å². The number of halogens is 1. The fraction of sp³-hybridized carbons (Fsp3) is 0.294. The number of hydrogen-bond donors (Lipinski definition) is 1. The second-order valence-corrected chi connectivity index (χ2v) is 7.37. The van der Waals surface area contributed by atoms with Gasteiger partial charge in [0.2, 0.25) is 0 Å². The average Bonchev–Trinajstić information content (AvgIpc) is 2.91. The normalized spacial score (nSPS) is 10.5. The highest BCUT2D eigenvalue weighted by Crippen LogP contribution is 2.36. The lowest BCUT2D eigenvalue weighted by Gasteiger charge is -2.08. The number of hydrogen-bond acceptors (Lipinski definition) is 7. The molecule has 25 heavy (non-hydrogen) atoms. The first-order chi connectivity index (χ1) is 12.0. The van der Waals surface area contributed by atoms with Gasteiger partial charge in [-0.25, -0.2) is 9.59 Å². The Bertz CT molecular complexity index is 759. The Balaban J connectivity index is 2.35. The van der Waals surface area contributed by atoms with Crippen LogP contribution in [0.5, 0.6) is 0 Å². The van der Waals surface area contributed by atoms with Gasteiger partial charge in [0.25, 0.3) is 0 Å².